The van der Waals surface area contributed by atoms with Crippen LogP contribution in [0.15, 0.2) is 46.8 Å². The minimum absolute atomic E-state index is 0.0358. The van der Waals surface area contributed by atoms with E-state index in [2.05, 4.69) is 26.9 Å². The smallest absolute Gasteiger partial charge is 0.271 e. The summed E-state index contributed by atoms with van der Waals surface area (Å²) in [6, 6.07) is 13.2. The number of nitrogens with zero attached hydrogens (tertiary/aromatic N) is 2. The number of benzene rings is 2. The fourth-order valence-corrected chi connectivity index (χ4v) is 4.48. The number of carbonyl (C=O) groups is 2. The zero-order valence-corrected chi connectivity index (χ0v) is 18.5. The van der Waals surface area contributed by atoms with Gasteiger partial charge in [0, 0.05) is 5.69 Å². The maximum atomic E-state index is 12.3. The summed E-state index contributed by atoms with van der Waals surface area (Å²) in [6.07, 6.45) is -0.876. The van der Waals surface area contributed by atoms with Crippen molar-refractivity contribution in [3.05, 3.63) is 53.6 Å². The van der Waals surface area contributed by atoms with E-state index in [4.69, 9.17) is 9.47 Å². The molecule has 1 aliphatic heterocycles. The van der Waals surface area contributed by atoms with Crippen LogP contribution in [0.2, 0.25) is 0 Å². The Kier molecular flexibility index (Phi) is 6.38. The monoisotopic (exact) mass is 456 g/mol. The largest absolute Gasteiger partial charge is 0.485 e. The molecule has 0 aliphatic carbocycles. The molecule has 0 radical (unpaired) electrons. The average Bonchev–Trinajstić information content (AvgIpc) is 3.21. The Hall–Kier alpha value is -3.11. The van der Waals surface area contributed by atoms with Crippen molar-refractivity contribution in [3.63, 3.8) is 0 Å². The molecule has 31 heavy (non-hydrogen) atoms. The first-order chi connectivity index (χ1) is 15.0. The predicted octanol–water partition coefficient (Wildman–Crippen LogP) is 3.47. The van der Waals surface area contributed by atoms with E-state index in [9.17, 15) is 9.59 Å². The summed E-state index contributed by atoms with van der Waals surface area (Å²) < 4.78 is 11.7. The molecule has 0 saturated carbocycles. The Labute approximate surface area is 187 Å². The molecule has 0 unspecified atom stereocenters. The average molecular weight is 457 g/mol. The van der Waals surface area contributed by atoms with Gasteiger partial charge in [-0.2, -0.15) is 0 Å². The first-order valence-electron chi connectivity index (χ1n) is 9.50. The van der Waals surface area contributed by atoms with Crippen molar-refractivity contribution >= 4 is 45.7 Å². The SMILES string of the molecule is Cc1ccc(Nc2nnc(SCC(=O)NC(=O)[C@@H]3COc4ccccc4O3)s2)c(C)c1. The summed E-state index contributed by atoms with van der Waals surface area (Å²) in [5, 5.41) is 14.4. The number of fused-ring (bicyclic) bond motifs is 1. The first-order valence-corrected chi connectivity index (χ1v) is 11.3. The van der Waals surface area contributed by atoms with Crippen LogP contribution in [-0.4, -0.2) is 40.5 Å². The van der Waals surface area contributed by atoms with Gasteiger partial charge < -0.3 is 14.8 Å². The number of aryl methyl sites for hydroxylation is 2. The zero-order valence-electron chi connectivity index (χ0n) is 16.9. The summed E-state index contributed by atoms with van der Waals surface area (Å²) >= 11 is 2.55. The van der Waals surface area contributed by atoms with E-state index in [-0.39, 0.29) is 12.4 Å². The Morgan fingerprint density at radius 3 is 2.77 bits per heavy atom. The molecule has 0 bridgehead atoms. The molecule has 0 saturated heterocycles. The number of nitrogens with one attached hydrogen (secondary N) is 2. The minimum Gasteiger partial charge on any atom is -0.485 e. The quantitative estimate of drug-likeness (QED) is 0.544. The number of imide groups is 1. The fourth-order valence-electron chi connectivity index (χ4n) is 2.92. The number of carbonyl (C=O) groups excluding carboxylic acids is 2. The van der Waals surface area contributed by atoms with Gasteiger partial charge in [-0.05, 0) is 37.6 Å². The number of ether oxygens (including phenoxy) is 2. The van der Waals surface area contributed by atoms with Gasteiger partial charge in [0.15, 0.2) is 15.8 Å². The fraction of sp³-hybridized carbons (Fsp3) is 0.238. The van der Waals surface area contributed by atoms with E-state index in [0.717, 1.165) is 11.3 Å². The standard InChI is InChI=1S/C21H20N4O4S2/c1-12-7-8-14(13(2)9-12)22-20-24-25-21(31-20)30-11-18(26)23-19(27)17-10-28-15-5-3-4-6-16(15)29-17/h3-9,17H,10-11H2,1-2H3,(H,22,24)(H,23,26,27)/t17-/m0/s1. The van der Waals surface area contributed by atoms with Crippen LogP contribution in [0.1, 0.15) is 11.1 Å². The van der Waals surface area contributed by atoms with Crippen LogP contribution >= 0.6 is 23.1 Å². The molecule has 10 heteroatoms. The van der Waals surface area contributed by atoms with Gasteiger partial charge >= 0.3 is 0 Å². The molecule has 2 heterocycles. The van der Waals surface area contributed by atoms with E-state index >= 15 is 0 Å². The molecule has 2 amide bonds. The van der Waals surface area contributed by atoms with Crippen LogP contribution in [0, 0.1) is 13.8 Å². The predicted molar refractivity (Wildman–Crippen MR) is 119 cm³/mol. The van der Waals surface area contributed by atoms with E-state index in [1.807, 2.05) is 32.0 Å². The molecule has 4 rings (SSSR count). The molecule has 1 aromatic heterocycles. The number of aromatic nitrogens is 2. The number of amides is 2. The molecule has 2 N–H and O–H groups in total. The van der Waals surface area contributed by atoms with Crippen molar-refractivity contribution in [2.24, 2.45) is 0 Å². The second kappa shape index (κ2) is 9.36. The lowest BCUT2D eigenvalue weighted by Crippen LogP contribution is -2.46. The lowest BCUT2D eigenvalue weighted by molar-refractivity contribution is -0.135. The van der Waals surface area contributed by atoms with Crippen LogP contribution in [0.4, 0.5) is 10.8 Å². The molecule has 160 valence electrons. The van der Waals surface area contributed by atoms with Crippen LogP contribution in [0.5, 0.6) is 11.5 Å². The van der Waals surface area contributed by atoms with Gasteiger partial charge in [0.1, 0.15) is 6.61 Å². The summed E-state index contributed by atoms with van der Waals surface area (Å²) in [5.74, 6) is 0.128. The maximum absolute atomic E-state index is 12.3. The summed E-state index contributed by atoms with van der Waals surface area (Å²) in [4.78, 5) is 24.5. The molecule has 8 nitrogen and oxygen atoms in total. The second-order valence-corrected chi connectivity index (χ2v) is 9.08. The molecular formula is C21H20N4O4S2. The van der Waals surface area contributed by atoms with Gasteiger partial charge in [0.05, 0.1) is 5.75 Å². The molecule has 1 aliphatic rings. The van der Waals surface area contributed by atoms with Crippen molar-refractivity contribution in [2.75, 3.05) is 17.7 Å². The van der Waals surface area contributed by atoms with E-state index < -0.39 is 17.9 Å². The van der Waals surface area contributed by atoms with E-state index in [1.165, 1.54) is 28.7 Å². The Bertz CT molecular complexity index is 1120. The molecule has 2 aromatic carbocycles. The van der Waals surface area contributed by atoms with Gasteiger partial charge in [0.2, 0.25) is 17.1 Å². The van der Waals surface area contributed by atoms with Crippen molar-refractivity contribution < 1.29 is 19.1 Å². The molecule has 0 fully saturated rings. The molecule has 1 atom stereocenters. The number of hydrogen-bond acceptors (Lipinski definition) is 9. The van der Waals surface area contributed by atoms with Crippen molar-refractivity contribution in [1.29, 1.82) is 0 Å². The highest BCUT2D eigenvalue weighted by Crippen LogP contribution is 2.31. The third-order valence-corrected chi connectivity index (χ3v) is 6.39. The van der Waals surface area contributed by atoms with Crippen LogP contribution in [-0.2, 0) is 9.59 Å². The molecule has 0 spiro atoms. The number of para-hydroxylation sites is 2. The van der Waals surface area contributed by atoms with Gasteiger partial charge in [-0.1, -0.05) is 52.9 Å². The van der Waals surface area contributed by atoms with Crippen molar-refractivity contribution in [2.45, 2.75) is 24.3 Å². The molecular weight excluding hydrogens is 436 g/mol. The number of rotatable bonds is 6. The van der Waals surface area contributed by atoms with Crippen LogP contribution < -0.4 is 20.1 Å². The maximum Gasteiger partial charge on any atom is 0.271 e. The number of hydrogen-bond donors (Lipinski definition) is 2. The lowest BCUT2D eigenvalue weighted by atomic mass is 10.1. The third kappa shape index (κ3) is 5.33. The van der Waals surface area contributed by atoms with Gasteiger partial charge in [0.25, 0.3) is 5.91 Å². The first kappa shape index (κ1) is 21.1. The van der Waals surface area contributed by atoms with Crippen LogP contribution in [0.25, 0.3) is 0 Å². The van der Waals surface area contributed by atoms with Crippen LogP contribution in [0.3, 0.4) is 0 Å². The molecule has 3 aromatic rings. The highest BCUT2D eigenvalue weighted by Gasteiger charge is 2.28. The van der Waals surface area contributed by atoms with Gasteiger partial charge in [-0.25, -0.2) is 0 Å². The summed E-state index contributed by atoms with van der Waals surface area (Å²) in [7, 11) is 0. The zero-order chi connectivity index (χ0) is 21.8. The van der Waals surface area contributed by atoms with E-state index in [1.54, 1.807) is 18.2 Å². The summed E-state index contributed by atoms with van der Waals surface area (Å²) in [5.41, 5.74) is 3.25. The van der Waals surface area contributed by atoms with Gasteiger partial charge in [-0.3, -0.25) is 14.9 Å². The van der Waals surface area contributed by atoms with E-state index in [0.29, 0.717) is 21.0 Å². The Balaban J connectivity index is 1.26. The number of anilines is 2. The highest BCUT2D eigenvalue weighted by atomic mass is 32.2. The Morgan fingerprint density at radius 1 is 1.16 bits per heavy atom. The number of thioether (sulfide) groups is 1. The minimum atomic E-state index is -0.876. The second-order valence-electron chi connectivity index (χ2n) is 6.88. The lowest BCUT2D eigenvalue weighted by Gasteiger charge is -2.25. The topological polar surface area (TPSA) is 102 Å². The summed E-state index contributed by atoms with van der Waals surface area (Å²) in [6.45, 7) is 4.11. The van der Waals surface area contributed by atoms with Crippen molar-refractivity contribution in [3.8, 4) is 11.5 Å². The van der Waals surface area contributed by atoms with Crippen molar-refractivity contribution in [1.82, 2.24) is 15.5 Å². The third-order valence-electron chi connectivity index (χ3n) is 4.42. The Morgan fingerprint density at radius 2 is 1.97 bits per heavy atom. The van der Waals surface area contributed by atoms with Gasteiger partial charge in [-0.15, -0.1) is 10.2 Å². The normalized spacial score (nSPS) is 14.7. The highest BCUT2D eigenvalue weighted by molar-refractivity contribution is 8.01.